The van der Waals surface area contributed by atoms with E-state index < -0.39 is 11.9 Å². The molecule has 0 fully saturated rings. The zero-order valence-corrected chi connectivity index (χ0v) is 11.9. The molecule has 2 aromatic rings. The molecule has 0 saturated carbocycles. The Balaban J connectivity index is 2.25. The number of nitrogens with one attached hydrogen (secondary N) is 1. The lowest BCUT2D eigenvalue weighted by molar-refractivity contribution is 0.0690. The Morgan fingerprint density at radius 3 is 2.48 bits per heavy atom. The molecule has 1 atom stereocenters. The van der Waals surface area contributed by atoms with Crippen LogP contribution in [0.1, 0.15) is 45.8 Å². The van der Waals surface area contributed by atoms with Crippen LogP contribution in [0.4, 0.5) is 0 Å². The van der Waals surface area contributed by atoms with E-state index in [0.717, 1.165) is 5.69 Å². The Bertz CT molecular complexity index is 664. The second-order valence-electron chi connectivity index (χ2n) is 4.66. The molecule has 0 radical (unpaired) electrons. The Morgan fingerprint density at radius 1 is 1.29 bits per heavy atom. The first kappa shape index (κ1) is 14.8. The average molecular weight is 287 g/mol. The fourth-order valence-electron chi connectivity index (χ4n) is 2.21. The van der Waals surface area contributed by atoms with E-state index in [0.29, 0.717) is 6.42 Å². The first-order valence-corrected chi connectivity index (χ1v) is 6.65. The number of benzene rings is 1. The summed E-state index contributed by atoms with van der Waals surface area (Å²) in [5, 5.41) is 16.1. The number of nitrogens with zero attached hydrogens (tertiary/aromatic N) is 2. The van der Waals surface area contributed by atoms with Gasteiger partial charge in [0.2, 0.25) is 0 Å². The summed E-state index contributed by atoms with van der Waals surface area (Å²) < 4.78 is 1.69. The van der Waals surface area contributed by atoms with E-state index in [1.54, 1.807) is 30.1 Å². The van der Waals surface area contributed by atoms with E-state index in [-0.39, 0.29) is 17.2 Å². The smallest absolute Gasteiger partial charge is 0.336 e. The Kier molecular flexibility index (Phi) is 4.37. The highest BCUT2D eigenvalue weighted by atomic mass is 16.4. The van der Waals surface area contributed by atoms with Crippen molar-refractivity contribution in [1.82, 2.24) is 15.1 Å². The fourth-order valence-corrected chi connectivity index (χ4v) is 2.21. The number of amides is 1. The second kappa shape index (κ2) is 6.21. The summed E-state index contributed by atoms with van der Waals surface area (Å²) in [6.07, 6.45) is 2.34. The number of carbonyl (C=O) groups is 2. The largest absolute Gasteiger partial charge is 0.478 e. The molecule has 0 aliphatic heterocycles. The number of carboxylic acids is 1. The predicted molar refractivity (Wildman–Crippen MR) is 77.1 cm³/mol. The molecule has 1 amide bonds. The topological polar surface area (TPSA) is 84.2 Å². The summed E-state index contributed by atoms with van der Waals surface area (Å²) >= 11 is 0. The van der Waals surface area contributed by atoms with Crippen molar-refractivity contribution in [3.05, 3.63) is 53.3 Å². The van der Waals surface area contributed by atoms with Gasteiger partial charge in [0.25, 0.3) is 5.91 Å². The van der Waals surface area contributed by atoms with E-state index in [1.807, 2.05) is 13.0 Å². The predicted octanol–water partition coefficient (Wildman–Crippen LogP) is 2.00. The van der Waals surface area contributed by atoms with Crippen LogP contribution in [0, 0.1) is 0 Å². The summed E-state index contributed by atoms with van der Waals surface area (Å²) in [4.78, 5) is 23.5. The van der Waals surface area contributed by atoms with Crippen LogP contribution in [-0.4, -0.2) is 26.8 Å². The van der Waals surface area contributed by atoms with Crippen molar-refractivity contribution in [2.45, 2.75) is 19.4 Å². The van der Waals surface area contributed by atoms with E-state index in [2.05, 4.69) is 10.4 Å². The molecular formula is C15H17N3O3. The second-order valence-corrected chi connectivity index (χ2v) is 4.66. The van der Waals surface area contributed by atoms with Crippen LogP contribution in [-0.2, 0) is 7.05 Å². The minimum absolute atomic E-state index is 0.00476. The van der Waals surface area contributed by atoms with Gasteiger partial charge in [-0.3, -0.25) is 9.48 Å². The third-order valence-corrected chi connectivity index (χ3v) is 3.33. The molecule has 2 rings (SSSR count). The van der Waals surface area contributed by atoms with Crippen LogP contribution in [0.5, 0.6) is 0 Å². The van der Waals surface area contributed by atoms with Gasteiger partial charge in [-0.1, -0.05) is 19.1 Å². The van der Waals surface area contributed by atoms with E-state index in [1.165, 1.54) is 12.1 Å². The molecule has 0 bridgehead atoms. The molecule has 0 aliphatic carbocycles. The molecule has 1 heterocycles. The number of rotatable bonds is 5. The Labute approximate surface area is 122 Å². The lowest BCUT2D eigenvalue weighted by Crippen LogP contribution is -2.30. The molecule has 0 spiro atoms. The van der Waals surface area contributed by atoms with Crippen molar-refractivity contribution in [1.29, 1.82) is 0 Å². The Hall–Kier alpha value is -2.63. The van der Waals surface area contributed by atoms with Gasteiger partial charge in [-0.05, 0) is 24.6 Å². The summed E-state index contributed by atoms with van der Waals surface area (Å²) in [5.74, 6) is -1.52. The minimum Gasteiger partial charge on any atom is -0.478 e. The number of aromatic carboxylic acids is 1. The highest BCUT2D eigenvalue weighted by Gasteiger charge is 2.20. The first-order valence-electron chi connectivity index (χ1n) is 6.65. The van der Waals surface area contributed by atoms with Crippen LogP contribution >= 0.6 is 0 Å². The highest BCUT2D eigenvalue weighted by Crippen LogP contribution is 2.17. The van der Waals surface area contributed by atoms with Gasteiger partial charge in [0.1, 0.15) is 0 Å². The number of carboxylic acid groups (broad SMARTS) is 1. The van der Waals surface area contributed by atoms with Crippen molar-refractivity contribution >= 4 is 11.9 Å². The molecule has 21 heavy (non-hydrogen) atoms. The molecule has 0 aliphatic rings. The van der Waals surface area contributed by atoms with Gasteiger partial charge in [0.05, 0.1) is 22.9 Å². The maximum absolute atomic E-state index is 12.3. The van der Waals surface area contributed by atoms with Crippen molar-refractivity contribution < 1.29 is 14.7 Å². The van der Waals surface area contributed by atoms with Crippen LogP contribution in [0.3, 0.4) is 0 Å². The number of aryl methyl sites for hydroxylation is 1. The van der Waals surface area contributed by atoms with Crippen molar-refractivity contribution in [2.24, 2.45) is 7.05 Å². The number of hydrogen-bond donors (Lipinski definition) is 2. The number of aromatic nitrogens is 2. The molecular weight excluding hydrogens is 270 g/mol. The lowest BCUT2D eigenvalue weighted by atomic mass is 10.1. The van der Waals surface area contributed by atoms with Crippen molar-refractivity contribution in [2.75, 3.05) is 0 Å². The van der Waals surface area contributed by atoms with Gasteiger partial charge < -0.3 is 10.4 Å². The van der Waals surface area contributed by atoms with Gasteiger partial charge in [-0.25, -0.2) is 4.79 Å². The SMILES string of the molecule is CC[C@@H](NC(=O)c1ccccc1C(=O)O)c1ccnn1C. The van der Waals surface area contributed by atoms with Gasteiger partial charge in [0, 0.05) is 13.2 Å². The van der Waals surface area contributed by atoms with Crippen LogP contribution in [0.15, 0.2) is 36.5 Å². The lowest BCUT2D eigenvalue weighted by Gasteiger charge is -2.18. The van der Waals surface area contributed by atoms with Crippen LogP contribution in [0.2, 0.25) is 0 Å². The molecule has 6 heteroatoms. The molecule has 0 saturated heterocycles. The fraction of sp³-hybridized carbons (Fsp3) is 0.267. The molecule has 1 aromatic carbocycles. The third-order valence-electron chi connectivity index (χ3n) is 3.33. The van der Waals surface area contributed by atoms with Crippen LogP contribution in [0.25, 0.3) is 0 Å². The number of hydrogen-bond acceptors (Lipinski definition) is 3. The number of carbonyl (C=O) groups excluding carboxylic acids is 1. The molecule has 2 N–H and O–H groups in total. The summed E-state index contributed by atoms with van der Waals surface area (Å²) in [6, 6.07) is 7.78. The summed E-state index contributed by atoms with van der Waals surface area (Å²) in [6.45, 7) is 1.95. The quantitative estimate of drug-likeness (QED) is 0.881. The summed E-state index contributed by atoms with van der Waals surface area (Å²) in [5.41, 5.74) is 1.03. The normalized spacial score (nSPS) is 11.9. The standard InChI is InChI=1S/C15H17N3O3/c1-3-12(13-8-9-16-18(13)2)17-14(19)10-6-4-5-7-11(10)15(20)21/h4-9,12H,3H2,1-2H3,(H,17,19)(H,20,21)/t12-/m1/s1. The molecule has 1 aromatic heterocycles. The molecule has 6 nitrogen and oxygen atoms in total. The van der Waals surface area contributed by atoms with Crippen molar-refractivity contribution in [3.63, 3.8) is 0 Å². The van der Waals surface area contributed by atoms with Gasteiger partial charge in [0.15, 0.2) is 0 Å². The highest BCUT2D eigenvalue weighted by molar-refractivity contribution is 6.04. The zero-order chi connectivity index (χ0) is 15.4. The van der Waals surface area contributed by atoms with Crippen molar-refractivity contribution in [3.8, 4) is 0 Å². The minimum atomic E-state index is -1.12. The first-order chi connectivity index (χ1) is 10.0. The third kappa shape index (κ3) is 3.10. The maximum Gasteiger partial charge on any atom is 0.336 e. The van der Waals surface area contributed by atoms with E-state index in [4.69, 9.17) is 5.11 Å². The monoisotopic (exact) mass is 287 g/mol. The Morgan fingerprint density at radius 2 is 1.95 bits per heavy atom. The molecule has 110 valence electrons. The average Bonchev–Trinajstić information content (AvgIpc) is 2.90. The van der Waals surface area contributed by atoms with Gasteiger partial charge in [-0.2, -0.15) is 5.10 Å². The van der Waals surface area contributed by atoms with E-state index in [9.17, 15) is 9.59 Å². The summed E-state index contributed by atoms with van der Waals surface area (Å²) in [7, 11) is 1.80. The molecule has 0 unspecified atom stereocenters. The maximum atomic E-state index is 12.3. The van der Waals surface area contributed by atoms with Crippen LogP contribution < -0.4 is 5.32 Å². The van der Waals surface area contributed by atoms with Gasteiger partial charge >= 0.3 is 5.97 Å². The van der Waals surface area contributed by atoms with E-state index >= 15 is 0 Å². The zero-order valence-electron chi connectivity index (χ0n) is 11.9. The van der Waals surface area contributed by atoms with Gasteiger partial charge in [-0.15, -0.1) is 0 Å².